The van der Waals surface area contributed by atoms with Gasteiger partial charge < -0.3 is 9.42 Å². The quantitative estimate of drug-likeness (QED) is 0.442. The number of hydrogen-bond acceptors (Lipinski definition) is 5. The van der Waals surface area contributed by atoms with Crippen molar-refractivity contribution in [2.75, 3.05) is 0 Å². The molecule has 0 bridgehead atoms. The fraction of sp³-hybridized carbons (Fsp3) is 0.440. The van der Waals surface area contributed by atoms with E-state index >= 15 is 0 Å². The molecule has 0 aliphatic heterocycles. The van der Waals surface area contributed by atoms with Crippen molar-refractivity contribution in [3.63, 3.8) is 0 Å². The van der Waals surface area contributed by atoms with Crippen molar-refractivity contribution >= 4 is 17.5 Å². The number of amides is 1. The summed E-state index contributed by atoms with van der Waals surface area (Å²) < 4.78 is 19.9. The number of pyridine rings is 1. The molecular formula is C25H28ClFN4O2. The standard InChI is InChI=1S/C25H28ClFN4O2/c1-16-6-3-10-22(17(16)2)31(15-19-20(26)8-4-9-21(19)27)24(32)12-11-23-29-25(30-33-23)18-7-5-13-28-14-18/h4-5,7-9,13-14,16-17,22H,3,6,10-12,15H2,1-2H3. The predicted molar refractivity (Wildman–Crippen MR) is 124 cm³/mol. The number of halogens is 2. The van der Waals surface area contributed by atoms with Gasteiger partial charge in [-0.3, -0.25) is 9.78 Å². The summed E-state index contributed by atoms with van der Waals surface area (Å²) in [6.45, 7) is 4.54. The molecule has 1 saturated carbocycles. The number of nitrogens with zero attached hydrogens (tertiary/aromatic N) is 4. The third-order valence-electron chi connectivity index (χ3n) is 6.72. The molecule has 0 radical (unpaired) electrons. The average Bonchev–Trinajstić information content (AvgIpc) is 3.29. The lowest BCUT2D eigenvalue weighted by atomic mass is 9.77. The van der Waals surface area contributed by atoms with Gasteiger partial charge in [0.25, 0.3) is 0 Å². The molecule has 174 valence electrons. The van der Waals surface area contributed by atoms with Gasteiger partial charge in [-0.25, -0.2) is 4.39 Å². The number of rotatable bonds is 7. The van der Waals surface area contributed by atoms with Crippen LogP contribution < -0.4 is 0 Å². The van der Waals surface area contributed by atoms with Crippen LogP contribution in [0.3, 0.4) is 0 Å². The Morgan fingerprint density at radius 3 is 2.85 bits per heavy atom. The summed E-state index contributed by atoms with van der Waals surface area (Å²) in [6.07, 6.45) is 6.91. The molecule has 2 aromatic heterocycles. The molecule has 0 saturated heterocycles. The minimum atomic E-state index is -0.394. The Bertz CT molecular complexity index is 1070. The van der Waals surface area contributed by atoms with E-state index in [0.29, 0.717) is 40.6 Å². The number of aryl methyl sites for hydroxylation is 1. The molecule has 1 fully saturated rings. The Hall–Kier alpha value is -2.80. The van der Waals surface area contributed by atoms with Crippen molar-refractivity contribution in [2.24, 2.45) is 11.8 Å². The van der Waals surface area contributed by atoms with Crippen LogP contribution in [0.15, 0.2) is 47.2 Å². The van der Waals surface area contributed by atoms with E-state index in [1.54, 1.807) is 30.6 Å². The summed E-state index contributed by atoms with van der Waals surface area (Å²) in [5.41, 5.74) is 1.11. The molecule has 3 unspecified atom stereocenters. The van der Waals surface area contributed by atoms with E-state index in [2.05, 4.69) is 29.0 Å². The summed E-state index contributed by atoms with van der Waals surface area (Å²) in [5, 5.41) is 4.33. The third kappa shape index (κ3) is 5.41. The minimum Gasteiger partial charge on any atom is -0.339 e. The maximum absolute atomic E-state index is 14.6. The summed E-state index contributed by atoms with van der Waals surface area (Å²) in [6, 6.07) is 8.30. The van der Waals surface area contributed by atoms with Gasteiger partial charge >= 0.3 is 0 Å². The van der Waals surface area contributed by atoms with Crippen molar-refractivity contribution in [3.05, 3.63) is 65.0 Å². The molecule has 2 heterocycles. The van der Waals surface area contributed by atoms with Crippen LogP contribution >= 0.6 is 11.6 Å². The van der Waals surface area contributed by atoms with E-state index in [4.69, 9.17) is 16.1 Å². The van der Waals surface area contributed by atoms with Crippen LogP contribution in [0.4, 0.5) is 4.39 Å². The molecule has 33 heavy (non-hydrogen) atoms. The summed E-state index contributed by atoms with van der Waals surface area (Å²) in [5.74, 6) is 1.17. The van der Waals surface area contributed by atoms with Crippen molar-refractivity contribution in [2.45, 2.75) is 58.5 Å². The first-order valence-corrected chi connectivity index (χ1v) is 11.8. The van der Waals surface area contributed by atoms with Crippen LogP contribution in [0.25, 0.3) is 11.4 Å². The van der Waals surface area contributed by atoms with Crippen molar-refractivity contribution in [3.8, 4) is 11.4 Å². The lowest BCUT2D eigenvalue weighted by Crippen LogP contribution is -2.47. The van der Waals surface area contributed by atoms with Crippen LogP contribution in [0.2, 0.25) is 5.02 Å². The molecule has 8 heteroatoms. The molecule has 0 spiro atoms. The Morgan fingerprint density at radius 1 is 1.24 bits per heavy atom. The largest absolute Gasteiger partial charge is 0.339 e. The van der Waals surface area contributed by atoms with E-state index in [9.17, 15) is 9.18 Å². The topological polar surface area (TPSA) is 72.1 Å². The van der Waals surface area contributed by atoms with Gasteiger partial charge in [-0.2, -0.15) is 4.98 Å². The van der Waals surface area contributed by atoms with Gasteiger partial charge in [0, 0.05) is 47.4 Å². The maximum atomic E-state index is 14.6. The molecule has 4 rings (SSSR count). The minimum absolute atomic E-state index is 0.0329. The van der Waals surface area contributed by atoms with Gasteiger partial charge in [0.1, 0.15) is 5.82 Å². The lowest BCUT2D eigenvalue weighted by molar-refractivity contribution is -0.136. The molecule has 1 amide bonds. The van der Waals surface area contributed by atoms with Crippen LogP contribution in [0.1, 0.15) is 51.0 Å². The normalized spacial score (nSPS) is 20.5. The second-order valence-electron chi connectivity index (χ2n) is 8.81. The van der Waals surface area contributed by atoms with Gasteiger partial charge in [0.15, 0.2) is 0 Å². The van der Waals surface area contributed by atoms with Gasteiger partial charge in [-0.15, -0.1) is 0 Å². The van der Waals surface area contributed by atoms with Crippen LogP contribution in [-0.4, -0.2) is 32.0 Å². The first-order chi connectivity index (χ1) is 15.9. The zero-order valence-corrected chi connectivity index (χ0v) is 19.6. The Kier molecular flexibility index (Phi) is 7.38. The second kappa shape index (κ2) is 10.4. The molecular weight excluding hydrogens is 443 g/mol. The number of carbonyl (C=O) groups is 1. The predicted octanol–water partition coefficient (Wildman–Crippen LogP) is 5.71. The Labute approximate surface area is 198 Å². The van der Waals surface area contributed by atoms with Gasteiger partial charge in [-0.05, 0) is 42.5 Å². The number of hydrogen-bond donors (Lipinski definition) is 0. The molecule has 3 aromatic rings. The fourth-order valence-electron chi connectivity index (χ4n) is 4.56. The zero-order valence-electron chi connectivity index (χ0n) is 18.9. The maximum Gasteiger partial charge on any atom is 0.227 e. The summed E-state index contributed by atoms with van der Waals surface area (Å²) in [4.78, 5) is 23.7. The molecule has 1 aliphatic rings. The number of aromatic nitrogens is 3. The van der Waals surface area contributed by atoms with Crippen LogP contribution in [0.5, 0.6) is 0 Å². The van der Waals surface area contributed by atoms with Crippen LogP contribution in [-0.2, 0) is 17.8 Å². The number of benzene rings is 1. The van der Waals surface area contributed by atoms with Crippen molar-refractivity contribution in [1.82, 2.24) is 20.0 Å². The Balaban J connectivity index is 1.51. The lowest BCUT2D eigenvalue weighted by Gasteiger charge is -2.42. The summed E-state index contributed by atoms with van der Waals surface area (Å²) >= 11 is 6.30. The smallest absolute Gasteiger partial charge is 0.227 e. The van der Waals surface area contributed by atoms with Crippen LogP contribution in [0, 0.1) is 17.7 Å². The highest BCUT2D eigenvalue weighted by atomic mass is 35.5. The van der Waals surface area contributed by atoms with E-state index in [-0.39, 0.29) is 24.9 Å². The van der Waals surface area contributed by atoms with E-state index in [1.165, 1.54) is 6.07 Å². The van der Waals surface area contributed by atoms with E-state index in [0.717, 1.165) is 24.8 Å². The number of carbonyl (C=O) groups excluding carboxylic acids is 1. The highest BCUT2D eigenvalue weighted by Gasteiger charge is 2.34. The first-order valence-electron chi connectivity index (χ1n) is 11.4. The van der Waals surface area contributed by atoms with Gasteiger partial charge in [0.2, 0.25) is 17.6 Å². The SMILES string of the molecule is CC1CCCC(N(Cc2c(F)cccc2Cl)C(=O)CCc2nc(-c3cccnc3)no2)C1C. The van der Waals surface area contributed by atoms with Crippen molar-refractivity contribution in [1.29, 1.82) is 0 Å². The molecule has 0 N–H and O–H groups in total. The summed E-state index contributed by atoms with van der Waals surface area (Å²) in [7, 11) is 0. The molecule has 1 aliphatic carbocycles. The zero-order chi connectivity index (χ0) is 23.4. The average molecular weight is 471 g/mol. The molecule has 6 nitrogen and oxygen atoms in total. The highest BCUT2D eigenvalue weighted by Crippen LogP contribution is 2.35. The third-order valence-corrected chi connectivity index (χ3v) is 7.07. The fourth-order valence-corrected chi connectivity index (χ4v) is 4.79. The second-order valence-corrected chi connectivity index (χ2v) is 9.22. The Morgan fingerprint density at radius 2 is 2.09 bits per heavy atom. The van der Waals surface area contributed by atoms with Crippen molar-refractivity contribution < 1.29 is 13.7 Å². The molecule has 1 aromatic carbocycles. The highest BCUT2D eigenvalue weighted by molar-refractivity contribution is 6.31. The van der Waals surface area contributed by atoms with Gasteiger partial charge in [0.05, 0.1) is 6.54 Å². The van der Waals surface area contributed by atoms with E-state index < -0.39 is 5.82 Å². The van der Waals surface area contributed by atoms with Gasteiger partial charge in [-0.1, -0.05) is 49.5 Å². The first kappa shape index (κ1) is 23.4. The molecule has 3 atom stereocenters. The van der Waals surface area contributed by atoms with E-state index in [1.807, 2.05) is 11.0 Å². The monoisotopic (exact) mass is 470 g/mol.